The molecule has 23 heavy (non-hydrogen) atoms. The van der Waals surface area contributed by atoms with Crippen molar-refractivity contribution in [3.8, 4) is 6.07 Å². The van der Waals surface area contributed by atoms with E-state index in [0.717, 1.165) is 11.1 Å². The van der Waals surface area contributed by atoms with Gasteiger partial charge in [0.05, 0.1) is 17.3 Å². The van der Waals surface area contributed by atoms with Crippen molar-refractivity contribution in [1.29, 1.82) is 5.26 Å². The summed E-state index contributed by atoms with van der Waals surface area (Å²) in [7, 11) is 0. The lowest BCUT2D eigenvalue weighted by atomic mass is 9.86. The number of aryl methyl sites for hydroxylation is 1. The number of hydrogen-bond donors (Lipinski definition) is 2. The third-order valence-electron chi connectivity index (χ3n) is 4.51. The molecule has 0 aliphatic heterocycles. The van der Waals surface area contributed by atoms with Gasteiger partial charge in [0.1, 0.15) is 5.60 Å². The zero-order valence-corrected chi connectivity index (χ0v) is 13.5. The van der Waals surface area contributed by atoms with E-state index in [1.54, 1.807) is 12.1 Å². The van der Waals surface area contributed by atoms with Crippen molar-refractivity contribution < 1.29 is 5.11 Å². The lowest BCUT2D eigenvalue weighted by Gasteiger charge is -2.25. The molecule has 0 radical (unpaired) electrons. The molecule has 3 N–H and O–H groups in total. The first-order valence-corrected chi connectivity index (χ1v) is 7.78. The molecule has 0 heterocycles. The van der Waals surface area contributed by atoms with Crippen LogP contribution in [0.3, 0.4) is 0 Å². The second kappa shape index (κ2) is 5.73. The maximum Gasteiger partial charge on any atom is 0.131 e. The molecule has 0 saturated carbocycles. The van der Waals surface area contributed by atoms with Gasteiger partial charge in [-0.2, -0.15) is 5.26 Å². The van der Waals surface area contributed by atoms with Gasteiger partial charge in [-0.25, -0.2) is 0 Å². The first-order chi connectivity index (χ1) is 11.0. The summed E-state index contributed by atoms with van der Waals surface area (Å²) in [6, 6.07) is 17.1. The third-order valence-corrected chi connectivity index (χ3v) is 4.76. The van der Waals surface area contributed by atoms with Gasteiger partial charge in [-0.1, -0.05) is 53.6 Å². The van der Waals surface area contributed by atoms with E-state index < -0.39 is 5.60 Å². The van der Waals surface area contributed by atoms with Crippen LogP contribution in [0, 0.1) is 18.3 Å². The van der Waals surface area contributed by atoms with E-state index in [1.807, 2.05) is 43.3 Å². The Morgan fingerprint density at radius 2 is 1.78 bits per heavy atom. The minimum atomic E-state index is -1.32. The number of nitrogens with zero attached hydrogens (tertiary/aromatic N) is 1. The van der Waals surface area contributed by atoms with Gasteiger partial charge in [-0.05, 0) is 36.6 Å². The van der Waals surface area contributed by atoms with Crippen LogP contribution in [-0.2, 0) is 5.60 Å². The minimum absolute atomic E-state index is 0.233. The molecule has 2 aromatic rings. The topological polar surface area (TPSA) is 70.0 Å². The van der Waals surface area contributed by atoms with Crippen molar-refractivity contribution in [2.75, 3.05) is 0 Å². The Hall–Kier alpha value is -2.28. The van der Waals surface area contributed by atoms with E-state index in [4.69, 9.17) is 17.3 Å². The third kappa shape index (κ3) is 2.61. The smallest absolute Gasteiger partial charge is 0.131 e. The maximum absolute atomic E-state index is 11.1. The number of halogens is 1. The predicted octanol–water partition coefficient (Wildman–Crippen LogP) is 3.76. The van der Waals surface area contributed by atoms with Crippen molar-refractivity contribution in [2.45, 2.75) is 24.9 Å². The molecule has 0 bridgehead atoms. The monoisotopic (exact) mass is 324 g/mol. The van der Waals surface area contributed by atoms with Crippen LogP contribution in [0.25, 0.3) is 0 Å². The van der Waals surface area contributed by atoms with Crippen molar-refractivity contribution in [3.63, 3.8) is 0 Å². The average Bonchev–Trinajstić information content (AvgIpc) is 2.81. The highest BCUT2D eigenvalue weighted by molar-refractivity contribution is 6.30. The van der Waals surface area contributed by atoms with Gasteiger partial charge < -0.3 is 10.8 Å². The molecule has 0 spiro atoms. The van der Waals surface area contributed by atoms with Crippen LogP contribution in [0.5, 0.6) is 0 Å². The zero-order chi connectivity index (χ0) is 16.6. The quantitative estimate of drug-likeness (QED) is 0.883. The first kappa shape index (κ1) is 15.6. The summed E-state index contributed by atoms with van der Waals surface area (Å²) in [4.78, 5) is 0. The molecule has 116 valence electrons. The number of rotatable bonds is 2. The fourth-order valence-corrected chi connectivity index (χ4v) is 3.26. The molecule has 1 aliphatic rings. The SMILES string of the molecule is Cc1ccc([C@@]2(O)C[C@H](c3ccc(Cl)cc3)C(C#N)=C2N)cc1. The molecular weight excluding hydrogens is 308 g/mol. The number of nitrogens with two attached hydrogens (primary N) is 1. The number of benzene rings is 2. The van der Waals surface area contributed by atoms with E-state index in [0.29, 0.717) is 22.6 Å². The summed E-state index contributed by atoms with van der Waals surface area (Å²) in [6.07, 6.45) is 0.354. The van der Waals surface area contributed by atoms with E-state index in [9.17, 15) is 10.4 Å². The van der Waals surface area contributed by atoms with Crippen molar-refractivity contribution in [2.24, 2.45) is 5.73 Å². The molecule has 0 amide bonds. The molecule has 2 aromatic carbocycles. The Balaban J connectivity index is 2.06. The fraction of sp³-hybridized carbons (Fsp3) is 0.211. The maximum atomic E-state index is 11.1. The number of nitriles is 1. The van der Waals surface area contributed by atoms with E-state index in [-0.39, 0.29) is 11.6 Å². The molecule has 0 unspecified atom stereocenters. The summed E-state index contributed by atoms with van der Waals surface area (Å²) in [5.41, 5.74) is 8.27. The summed E-state index contributed by atoms with van der Waals surface area (Å²) in [5.74, 6) is -0.233. The van der Waals surface area contributed by atoms with E-state index in [1.165, 1.54) is 0 Å². The summed E-state index contributed by atoms with van der Waals surface area (Å²) >= 11 is 5.93. The van der Waals surface area contributed by atoms with Crippen LogP contribution in [0.15, 0.2) is 59.8 Å². The Labute approximate surface area is 140 Å². The number of aliphatic hydroxyl groups is 1. The lowest BCUT2D eigenvalue weighted by Crippen LogP contribution is -2.30. The first-order valence-electron chi connectivity index (χ1n) is 7.41. The molecule has 0 fully saturated rings. The van der Waals surface area contributed by atoms with Crippen molar-refractivity contribution >= 4 is 11.6 Å². The highest BCUT2D eigenvalue weighted by Crippen LogP contribution is 2.48. The second-order valence-corrected chi connectivity index (χ2v) is 6.41. The molecule has 1 aliphatic carbocycles. The predicted molar refractivity (Wildman–Crippen MR) is 90.7 cm³/mol. The van der Waals surface area contributed by atoms with Gasteiger partial charge in [0.25, 0.3) is 0 Å². The van der Waals surface area contributed by atoms with Gasteiger partial charge in [-0.3, -0.25) is 0 Å². The molecule has 0 saturated heterocycles. The second-order valence-electron chi connectivity index (χ2n) is 5.97. The number of hydrogen-bond acceptors (Lipinski definition) is 3. The van der Waals surface area contributed by atoms with Crippen LogP contribution in [0.2, 0.25) is 5.02 Å². The Morgan fingerprint density at radius 1 is 1.17 bits per heavy atom. The average molecular weight is 325 g/mol. The minimum Gasteiger partial charge on any atom is -0.399 e. The summed E-state index contributed by atoms with van der Waals surface area (Å²) in [5, 5.41) is 21.3. The molecular formula is C19H17ClN2O. The highest BCUT2D eigenvalue weighted by atomic mass is 35.5. The van der Waals surface area contributed by atoms with Gasteiger partial charge in [-0.15, -0.1) is 0 Å². The highest BCUT2D eigenvalue weighted by Gasteiger charge is 2.45. The molecule has 0 aromatic heterocycles. The number of allylic oxidation sites excluding steroid dienone is 1. The van der Waals surface area contributed by atoms with Crippen molar-refractivity contribution in [1.82, 2.24) is 0 Å². The van der Waals surface area contributed by atoms with Gasteiger partial charge in [0.15, 0.2) is 0 Å². The van der Waals surface area contributed by atoms with Gasteiger partial charge in [0, 0.05) is 10.9 Å². The summed E-state index contributed by atoms with van der Waals surface area (Å²) in [6.45, 7) is 1.99. The normalized spacial score (nSPS) is 23.8. The Morgan fingerprint density at radius 3 is 2.35 bits per heavy atom. The van der Waals surface area contributed by atoms with Crippen LogP contribution >= 0.6 is 11.6 Å². The molecule has 4 heteroatoms. The lowest BCUT2D eigenvalue weighted by molar-refractivity contribution is 0.0724. The van der Waals surface area contributed by atoms with Gasteiger partial charge in [0.2, 0.25) is 0 Å². The zero-order valence-electron chi connectivity index (χ0n) is 12.8. The molecule has 3 rings (SSSR count). The largest absolute Gasteiger partial charge is 0.399 e. The van der Waals surface area contributed by atoms with Gasteiger partial charge >= 0.3 is 0 Å². The van der Waals surface area contributed by atoms with Crippen LogP contribution in [0.1, 0.15) is 29.0 Å². The molecule has 3 nitrogen and oxygen atoms in total. The van der Waals surface area contributed by atoms with Crippen LogP contribution in [0.4, 0.5) is 0 Å². The van der Waals surface area contributed by atoms with Crippen molar-refractivity contribution in [3.05, 3.63) is 81.5 Å². The standard InChI is InChI=1S/C19H17ClN2O/c1-12-2-6-14(7-3-12)19(23)10-16(17(11-21)18(19)22)13-4-8-15(20)9-5-13/h2-9,16,23H,10,22H2,1H3/t16-,19+/m1/s1. The fourth-order valence-electron chi connectivity index (χ4n) is 3.14. The molecule has 2 atom stereocenters. The van der Waals surface area contributed by atoms with Crippen LogP contribution < -0.4 is 5.73 Å². The van der Waals surface area contributed by atoms with E-state index in [2.05, 4.69) is 6.07 Å². The summed E-state index contributed by atoms with van der Waals surface area (Å²) < 4.78 is 0. The van der Waals surface area contributed by atoms with E-state index >= 15 is 0 Å². The Bertz CT molecular complexity index is 803. The Kier molecular flexibility index (Phi) is 3.89. The van der Waals surface area contributed by atoms with Crippen LogP contribution in [-0.4, -0.2) is 5.11 Å².